The summed E-state index contributed by atoms with van der Waals surface area (Å²) in [6.07, 6.45) is 1.71. The molecule has 0 aromatic rings. The summed E-state index contributed by atoms with van der Waals surface area (Å²) in [5.74, 6) is -0.0901. The zero-order valence-electron chi connectivity index (χ0n) is 9.93. The molecule has 1 saturated heterocycles. The van der Waals surface area contributed by atoms with Gasteiger partial charge in [0.2, 0.25) is 0 Å². The average Bonchev–Trinajstić information content (AvgIpc) is 2.63. The van der Waals surface area contributed by atoms with Crippen molar-refractivity contribution in [2.75, 3.05) is 20.3 Å². The molecule has 0 radical (unpaired) electrons. The predicted octanol–water partition coefficient (Wildman–Crippen LogP) is 1.16. The Hall–Kier alpha value is -0.810. The number of unbranched alkanes of at least 4 members (excludes halogenated alkanes) is 1. The number of nitrogens with zero attached hydrogens (tertiary/aromatic N) is 1. The Morgan fingerprint density at radius 1 is 1.56 bits per heavy atom. The topological polar surface area (TPSA) is 70.0 Å². The van der Waals surface area contributed by atoms with Crippen LogP contribution >= 0.6 is 0 Å². The highest BCUT2D eigenvalue weighted by atomic mass is 16.5. The first-order valence-corrected chi connectivity index (χ1v) is 5.78. The number of carbonyl (C=O) groups is 1. The van der Waals surface area contributed by atoms with Crippen molar-refractivity contribution in [3.8, 4) is 0 Å². The third-order valence-electron chi connectivity index (χ3n) is 3.36. The summed E-state index contributed by atoms with van der Waals surface area (Å²) in [6.45, 7) is 2.42. The van der Waals surface area contributed by atoms with Gasteiger partial charge in [0.15, 0.2) is 0 Å². The Labute approximate surface area is 96.0 Å². The summed E-state index contributed by atoms with van der Waals surface area (Å²) in [7, 11) is 1.57. The van der Waals surface area contributed by atoms with Crippen molar-refractivity contribution in [2.45, 2.75) is 38.3 Å². The zero-order valence-corrected chi connectivity index (χ0v) is 9.93. The van der Waals surface area contributed by atoms with Crippen molar-refractivity contribution in [1.82, 2.24) is 4.90 Å². The summed E-state index contributed by atoms with van der Waals surface area (Å²) in [5.41, 5.74) is 0. The summed E-state index contributed by atoms with van der Waals surface area (Å²) < 4.78 is 5.24. The molecule has 1 rings (SSSR count). The van der Waals surface area contributed by atoms with Gasteiger partial charge in [-0.1, -0.05) is 19.8 Å². The van der Waals surface area contributed by atoms with Crippen LogP contribution in [0, 0.1) is 5.92 Å². The molecule has 1 amide bonds. The van der Waals surface area contributed by atoms with E-state index in [9.17, 15) is 9.90 Å². The number of hydrogen-bond donors (Lipinski definition) is 2. The highest BCUT2D eigenvalue weighted by molar-refractivity contribution is 5.66. The molecule has 5 heteroatoms. The van der Waals surface area contributed by atoms with Crippen LogP contribution in [-0.2, 0) is 4.74 Å². The minimum Gasteiger partial charge on any atom is -0.465 e. The average molecular weight is 231 g/mol. The van der Waals surface area contributed by atoms with Crippen molar-refractivity contribution in [3.63, 3.8) is 0 Å². The van der Waals surface area contributed by atoms with Crippen LogP contribution in [0.2, 0.25) is 0 Å². The number of rotatable bonds is 5. The van der Waals surface area contributed by atoms with Crippen LogP contribution in [0.25, 0.3) is 0 Å². The van der Waals surface area contributed by atoms with Crippen molar-refractivity contribution >= 4 is 6.09 Å². The maximum atomic E-state index is 11.1. The van der Waals surface area contributed by atoms with Crippen LogP contribution < -0.4 is 0 Å². The Morgan fingerprint density at radius 2 is 2.25 bits per heavy atom. The summed E-state index contributed by atoms with van der Waals surface area (Å²) >= 11 is 0. The number of methoxy groups -OCH3 is 1. The van der Waals surface area contributed by atoms with E-state index in [4.69, 9.17) is 9.84 Å². The second-order valence-corrected chi connectivity index (χ2v) is 4.27. The number of aliphatic hydroxyl groups excluding tert-OH is 1. The molecule has 1 fully saturated rings. The highest BCUT2D eigenvalue weighted by Crippen LogP contribution is 2.29. The van der Waals surface area contributed by atoms with Crippen LogP contribution in [0.4, 0.5) is 4.79 Å². The van der Waals surface area contributed by atoms with E-state index < -0.39 is 6.09 Å². The molecular formula is C11H21NO4. The van der Waals surface area contributed by atoms with E-state index in [1.54, 1.807) is 7.11 Å². The number of ether oxygens (including phenoxy) is 1. The van der Waals surface area contributed by atoms with E-state index in [1.165, 1.54) is 4.90 Å². The number of amides is 1. The van der Waals surface area contributed by atoms with Crippen LogP contribution in [0.5, 0.6) is 0 Å². The van der Waals surface area contributed by atoms with E-state index in [1.807, 2.05) is 0 Å². The van der Waals surface area contributed by atoms with Gasteiger partial charge in [-0.15, -0.1) is 0 Å². The first-order valence-electron chi connectivity index (χ1n) is 5.78. The van der Waals surface area contributed by atoms with Crippen molar-refractivity contribution in [2.24, 2.45) is 5.92 Å². The van der Waals surface area contributed by atoms with Gasteiger partial charge in [0.05, 0.1) is 19.3 Å². The van der Waals surface area contributed by atoms with Crippen LogP contribution in [-0.4, -0.2) is 53.6 Å². The van der Waals surface area contributed by atoms with E-state index in [-0.39, 0.29) is 24.7 Å². The normalized spacial score (nSPS) is 29.7. The van der Waals surface area contributed by atoms with Crippen LogP contribution in [0.1, 0.15) is 26.2 Å². The maximum absolute atomic E-state index is 11.1. The molecule has 0 aromatic carbocycles. The quantitative estimate of drug-likeness (QED) is 0.745. The minimum atomic E-state index is -0.917. The van der Waals surface area contributed by atoms with Gasteiger partial charge in [0.25, 0.3) is 0 Å². The molecule has 1 heterocycles. The molecule has 3 unspecified atom stereocenters. The Balaban J connectivity index is 2.73. The Morgan fingerprint density at radius 3 is 2.69 bits per heavy atom. The lowest BCUT2D eigenvalue weighted by atomic mass is 9.95. The molecule has 0 bridgehead atoms. The number of carboxylic acid groups (broad SMARTS) is 1. The molecule has 1 aliphatic heterocycles. The lowest BCUT2D eigenvalue weighted by Crippen LogP contribution is -2.37. The maximum Gasteiger partial charge on any atom is 0.407 e. The van der Waals surface area contributed by atoms with E-state index in [0.29, 0.717) is 6.54 Å². The Bertz CT molecular complexity index is 234. The van der Waals surface area contributed by atoms with Gasteiger partial charge in [-0.2, -0.15) is 0 Å². The van der Waals surface area contributed by atoms with Crippen LogP contribution in [0.15, 0.2) is 0 Å². The molecule has 0 aromatic heterocycles. The van der Waals surface area contributed by atoms with Crippen molar-refractivity contribution < 1.29 is 19.7 Å². The third kappa shape index (κ3) is 2.65. The van der Waals surface area contributed by atoms with Gasteiger partial charge in [-0.05, 0) is 6.42 Å². The summed E-state index contributed by atoms with van der Waals surface area (Å²) in [6, 6.07) is -0.104. The van der Waals surface area contributed by atoms with E-state index >= 15 is 0 Å². The van der Waals surface area contributed by atoms with E-state index in [2.05, 4.69) is 6.92 Å². The monoisotopic (exact) mass is 231 g/mol. The smallest absolute Gasteiger partial charge is 0.407 e. The summed E-state index contributed by atoms with van der Waals surface area (Å²) in [4.78, 5) is 12.5. The van der Waals surface area contributed by atoms with Crippen LogP contribution in [0.3, 0.4) is 0 Å². The van der Waals surface area contributed by atoms with Crippen molar-refractivity contribution in [1.29, 1.82) is 0 Å². The van der Waals surface area contributed by atoms with Gasteiger partial charge in [-0.3, -0.25) is 0 Å². The third-order valence-corrected chi connectivity index (χ3v) is 3.36. The fourth-order valence-electron chi connectivity index (χ4n) is 2.44. The second-order valence-electron chi connectivity index (χ2n) is 4.27. The SMILES string of the molecule is CCCCC1C(CO)C(OC)CN1C(=O)O. The Kier molecular flexibility index (Phi) is 5.02. The van der Waals surface area contributed by atoms with Gasteiger partial charge < -0.3 is 19.8 Å². The fraction of sp³-hybridized carbons (Fsp3) is 0.909. The summed E-state index contributed by atoms with van der Waals surface area (Å²) in [5, 5.41) is 18.4. The molecule has 0 spiro atoms. The molecule has 3 atom stereocenters. The first kappa shape index (κ1) is 13.3. The highest BCUT2D eigenvalue weighted by Gasteiger charge is 2.43. The van der Waals surface area contributed by atoms with Gasteiger partial charge in [0.1, 0.15) is 0 Å². The van der Waals surface area contributed by atoms with Gasteiger partial charge in [0, 0.05) is 19.1 Å². The predicted molar refractivity (Wildman–Crippen MR) is 59.4 cm³/mol. The lowest BCUT2D eigenvalue weighted by molar-refractivity contribution is 0.0478. The zero-order chi connectivity index (χ0) is 12.1. The number of likely N-dealkylation sites (tertiary alicyclic amines) is 1. The molecule has 5 nitrogen and oxygen atoms in total. The first-order chi connectivity index (χ1) is 7.65. The molecule has 94 valence electrons. The molecule has 0 aliphatic carbocycles. The second kappa shape index (κ2) is 6.06. The van der Waals surface area contributed by atoms with Gasteiger partial charge in [-0.25, -0.2) is 4.79 Å². The minimum absolute atomic E-state index is 0.0172. The molecule has 16 heavy (non-hydrogen) atoms. The molecule has 0 saturated carbocycles. The van der Waals surface area contributed by atoms with Crippen molar-refractivity contribution in [3.05, 3.63) is 0 Å². The molecule has 1 aliphatic rings. The standard InChI is InChI=1S/C11H21NO4/c1-3-4-5-9-8(7-13)10(16-2)6-12(9)11(14)15/h8-10,13H,3-7H2,1-2H3,(H,14,15). The lowest BCUT2D eigenvalue weighted by Gasteiger charge is -2.25. The van der Waals surface area contributed by atoms with E-state index in [0.717, 1.165) is 19.3 Å². The van der Waals surface area contributed by atoms with Gasteiger partial charge >= 0.3 is 6.09 Å². The molecular weight excluding hydrogens is 210 g/mol. The number of aliphatic hydroxyl groups is 1. The molecule has 2 N–H and O–H groups in total. The number of hydrogen-bond acceptors (Lipinski definition) is 3. The fourth-order valence-corrected chi connectivity index (χ4v) is 2.44. The largest absolute Gasteiger partial charge is 0.465 e.